The van der Waals surface area contributed by atoms with Crippen LogP contribution in [-0.2, 0) is 4.79 Å². The maximum absolute atomic E-state index is 12.1. The molecule has 0 fully saturated rings. The maximum Gasteiger partial charge on any atom is 0.260 e. The van der Waals surface area contributed by atoms with E-state index in [1.165, 1.54) is 0 Å². The number of hydrogen-bond acceptors (Lipinski definition) is 2. The summed E-state index contributed by atoms with van der Waals surface area (Å²) >= 11 is 0. The van der Waals surface area contributed by atoms with Crippen LogP contribution in [0.25, 0.3) is 5.57 Å². The Bertz CT molecular complexity index is 445. The van der Waals surface area contributed by atoms with Gasteiger partial charge in [0.05, 0.1) is 0 Å². The second-order valence-electron chi connectivity index (χ2n) is 3.80. The van der Waals surface area contributed by atoms with E-state index in [-0.39, 0.29) is 5.91 Å². The van der Waals surface area contributed by atoms with Gasteiger partial charge in [0.2, 0.25) is 0 Å². The molecule has 0 unspecified atom stereocenters. The van der Waals surface area contributed by atoms with E-state index < -0.39 is 0 Å². The molecule has 0 bridgehead atoms. The van der Waals surface area contributed by atoms with Crippen LogP contribution in [0.1, 0.15) is 26.3 Å². The van der Waals surface area contributed by atoms with Gasteiger partial charge in [0.1, 0.15) is 5.82 Å². The molecule has 0 atom stereocenters. The summed E-state index contributed by atoms with van der Waals surface area (Å²) in [6.07, 6.45) is 1.72. The molecule has 1 aromatic heterocycles. The second-order valence-corrected chi connectivity index (χ2v) is 3.80. The van der Waals surface area contributed by atoms with Crippen molar-refractivity contribution in [3.05, 3.63) is 29.5 Å². The SMILES string of the molecule is CCN1C(=O)C(=C(C)C)c2cccnc21. The van der Waals surface area contributed by atoms with E-state index in [1.807, 2.05) is 32.9 Å². The van der Waals surface area contributed by atoms with Crippen LogP contribution < -0.4 is 4.90 Å². The van der Waals surface area contributed by atoms with Crippen LogP contribution in [0.4, 0.5) is 5.82 Å². The average Bonchev–Trinajstić information content (AvgIpc) is 2.49. The summed E-state index contributed by atoms with van der Waals surface area (Å²) in [5.74, 6) is 0.868. The molecule has 3 nitrogen and oxygen atoms in total. The molecule has 78 valence electrons. The van der Waals surface area contributed by atoms with Crippen molar-refractivity contribution in [2.45, 2.75) is 20.8 Å². The molecule has 0 saturated heterocycles. The number of fused-ring (bicyclic) bond motifs is 1. The third-order valence-electron chi connectivity index (χ3n) is 2.59. The number of carbonyl (C=O) groups is 1. The van der Waals surface area contributed by atoms with Gasteiger partial charge in [-0.15, -0.1) is 0 Å². The number of nitrogens with zero attached hydrogens (tertiary/aromatic N) is 2. The monoisotopic (exact) mass is 202 g/mol. The molecule has 0 aromatic carbocycles. The van der Waals surface area contributed by atoms with Crippen LogP contribution in [0, 0.1) is 0 Å². The van der Waals surface area contributed by atoms with Crippen LogP contribution in [0.5, 0.6) is 0 Å². The zero-order valence-electron chi connectivity index (χ0n) is 9.24. The zero-order chi connectivity index (χ0) is 11.0. The number of hydrogen-bond donors (Lipinski definition) is 0. The Balaban J connectivity index is 2.67. The number of allylic oxidation sites excluding steroid dienone is 1. The molecule has 0 spiro atoms. The molecule has 1 aliphatic rings. The van der Waals surface area contributed by atoms with Gasteiger partial charge in [-0.1, -0.05) is 5.57 Å². The topological polar surface area (TPSA) is 33.2 Å². The molecular formula is C12H14N2O. The van der Waals surface area contributed by atoms with Gasteiger partial charge < -0.3 is 0 Å². The highest BCUT2D eigenvalue weighted by Gasteiger charge is 2.32. The Kier molecular flexibility index (Phi) is 2.31. The van der Waals surface area contributed by atoms with Crippen molar-refractivity contribution in [2.75, 3.05) is 11.4 Å². The van der Waals surface area contributed by atoms with Crippen molar-refractivity contribution in [3.8, 4) is 0 Å². The Morgan fingerprint density at radius 1 is 1.47 bits per heavy atom. The lowest BCUT2D eigenvalue weighted by Crippen LogP contribution is -2.26. The summed E-state index contributed by atoms with van der Waals surface area (Å²) in [7, 11) is 0. The molecule has 1 aromatic rings. The fourth-order valence-corrected chi connectivity index (χ4v) is 1.93. The number of rotatable bonds is 1. The largest absolute Gasteiger partial charge is 0.292 e. The molecule has 0 radical (unpaired) electrons. The normalized spacial score (nSPS) is 14.5. The summed E-state index contributed by atoms with van der Waals surface area (Å²) in [5, 5.41) is 0. The minimum Gasteiger partial charge on any atom is -0.292 e. The van der Waals surface area contributed by atoms with Gasteiger partial charge >= 0.3 is 0 Å². The summed E-state index contributed by atoms with van der Waals surface area (Å²) in [4.78, 5) is 18.0. The molecule has 2 heterocycles. The quantitative estimate of drug-likeness (QED) is 0.654. The summed E-state index contributed by atoms with van der Waals surface area (Å²) in [6.45, 7) is 6.55. The van der Waals surface area contributed by atoms with Gasteiger partial charge in [0, 0.05) is 23.9 Å². The highest BCUT2D eigenvalue weighted by atomic mass is 16.2. The summed E-state index contributed by atoms with van der Waals surface area (Å²) in [6, 6.07) is 3.83. The maximum atomic E-state index is 12.1. The number of carbonyl (C=O) groups excluding carboxylic acids is 1. The lowest BCUT2D eigenvalue weighted by Gasteiger charge is -2.12. The van der Waals surface area contributed by atoms with Crippen LogP contribution >= 0.6 is 0 Å². The van der Waals surface area contributed by atoms with Crippen LogP contribution in [0.15, 0.2) is 23.9 Å². The van der Waals surface area contributed by atoms with Crippen LogP contribution in [0.2, 0.25) is 0 Å². The predicted octanol–water partition coefficient (Wildman–Crippen LogP) is 2.24. The minimum atomic E-state index is 0.0752. The minimum absolute atomic E-state index is 0.0752. The molecule has 1 amide bonds. The Morgan fingerprint density at radius 3 is 2.80 bits per heavy atom. The number of amides is 1. The van der Waals surface area contributed by atoms with Crippen molar-refractivity contribution in [1.82, 2.24) is 4.98 Å². The third kappa shape index (κ3) is 1.35. The summed E-state index contributed by atoms with van der Waals surface area (Å²) < 4.78 is 0. The number of likely N-dealkylation sites (N-methyl/N-ethyl adjacent to an activating group) is 1. The van der Waals surface area contributed by atoms with Crippen LogP contribution in [-0.4, -0.2) is 17.4 Å². The van der Waals surface area contributed by atoms with E-state index >= 15 is 0 Å². The smallest absolute Gasteiger partial charge is 0.260 e. The molecule has 2 rings (SSSR count). The van der Waals surface area contributed by atoms with Crippen molar-refractivity contribution in [3.63, 3.8) is 0 Å². The first-order valence-electron chi connectivity index (χ1n) is 5.11. The van der Waals surface area contributed by atoms with E-state index in [4.69, 9.17) is 0 Å². The van der Waals surface area contributed by atoms with Crippen molar-refractivity contribution < 1.29 is 4.79 Å². The highest BCUT2D eigenvalue weighted by Crippen LogP contribution is 2.35. The lowest BCUT2D eigenvalue weighted by molar-refractivity contribution is -0.113. The van der Waals surface area contributed by atoms with Gasteiger partial charge in [-0.3, -0.25) is 9.69 Å². The molecule has 0 aliphatic carbocycles. The second kappa shape index (κ2) is 3.50. The average molecular weight is 202 g/mol. The zero-order valence-corrected chi connectivity index (χ0v) is 9.24. The molecule has 0 saturated carbocycles. The molecular weight excluding hydrogens is 188 g/mol. The third-order valence-corrected chi connectivity index (χ3v) is 2.59. The lowest BCUT2D eigenvalue weighted by atomic mass is 10.1. The van der Waals surface area contributed by atoms with E-state index in [9.17, 15) is 4.79 Å². The molecule has 1 aliphatic heterocycles. The molecule has 0 N–H and O–H groups in total. The number of anilines is 1. The van der Waals surface area contributed by atoms with E-state index in [0.29, 0.717) is 6.54 Å². The first-order chi connectivity index (χ1) is 7.16. The fourth-order valence-electron chi connectivity index (χ4n) is 1.93. The van der Waals surface area contributed by atoms with E-state index in [2.05, 4.69) is 4.98 Å². The molecule has 3 heteroatoms. The van der Waals surface area contributed by atoms with Gasteiger partial charge in [-0.05, 0) is 32.9 Å². The van der Waals surface area contributed by atoms with Crippen molar-refractivity contribution in [1.29, 1.82) is 0 Å². The predicted molar refractivity (Wildman–Crippen MR) is 60.5 cm³/mol. The van der Waals surface area contributed by atoms with Crippen molar-refractivity contribution in [2.24, 2.45) is 0 Å². The Labute approximate surface area is 89.4 Å². The van der Waals surface area contributed by atoms with Gasteiger partial charge in [-0.2, -0.15) is 0 Å². The van der Waals surface area contributed by atoms with Gasteiger partial charge in [0.25, 0.3) is 5.91 Å². The standard InChI is InChI=1S/C12H14N2O/c1-4-14-11-9(6-5-7-13-11)10(8(2)3)12(14)15/h5-7H,4H2,1-3H3. The number of aromatic nitrogens is 1. The van der Waals surface area contributed by atoms with E-state index in [1.54, 1.807) is 11.1 Å². The summed E-state index contributed by atoms with van der Waals surface area (Å²) in [5.41, 5.74) is 2.81. The van der Waals surface area contributed by atoms with Gasteiger partial charge in [-0.25, -0.2) is 4.98 Å². The molecule has 15 heavy (non-hydrogen) atoms. The Hall–Kier alpha value is -1.64. The van der Waals surface area contributed by atoms with Crippen LogP contribution in [0.3, 0.4) is 0 Å². The Morgan fingerprint density at radius 2 is 2.20 bits per heavy atom. The van der Waals surface area contributed by atoms with Gasteiger partial charge in [0.15, 0.2) is 0 Å². The first kappa shape index (κ1) is 9.90. The van der Waals surface area contributed by atoms with Crippen molar-refractivity contribution >= 4 is 17.3 Å². The highest BCUT2D eigenvalue weighted by molar-refractivity contribution is 6.32. The number of pyridine rings is 1. The van der Waals surface area contributed by atoms with E-state index in [0.717, 1.165) is 22.5 Å². The fraction of sp³-hybridized carbons (Fsp3) is 0.333. The first-order valence-corrected chi connectivity index (χ1v) is 5.11.